The molecule has 1 aromatic carbocycles. The van der Waals surface area contributed by atoms with Crippen LogP contribution in [0.5, 0.6) is 0 Å². The van der Waals surface area contributed by atoms with Gasteiger partial charge in [-0.2, -0.15) is 4.98 Å². The second-order valence-corrected chi connectivity index (χ2v) is 4.45. The van der Waals surface area contributed by atoms with Crippen LogP contribution >= 0.6 is 0 Å². The number of aromatic nitrogens is 2. The molecule has 1 N–H and O–H groups in total. The van der Waals surface area contributed by atoms with Gasteiger partial charge in [0.1, 0.15) is 0 Å². The molecule has 1 atom stereocenters. The maximum Gasteiger partial charge on any atom is 0.227 e. The summed E-state index contributed by atoms with van der Waals surface area (Å²) in [6, 6.07) is 8.15. The number of benzene rings is 1. The molecular weight excluding hydrogens is 228 g/mol. The molecule has 1 aromatic heterocycles. The van der Waals surface area contributed by atoms with Crippen LogP contribution in [0, 0.1) is 0 Å². The van der Waals surface area contributed by atoms with E-state index in [0.717, 1.165) is 12.0 Å². The van der Waals surface area contributed by atoms with Crippen molar-refractivity contribution in [2.75, 3.05) is 0 Å². The summed E-state index contributed by atoms with van der Waals surface area (Å²) in [5.74, 6) is 1.18. The average molecular weight is 246 g/mol. The molecule has 1 heterocycles. The Kier molecular flexibility index (Phi) is 4.10. The summed E-state index contributed by atoms with van der Waals surface area (Å²) in [4.78, 5) is 4.32. The Bertz CT molecular complexity index is 489. The van der Waals surface area contributed by atoms with Crippen LogP contribution < -0.4 is 0 Å². The van der Waals surface area contributed by atoms with Crippen LogP contribution in [0.2, 0.25) is 0 Å². The van der Waals surface area contributed by atoms with Crippen molar-refractivity contribution < 1.29 is 9.63 Å². The minimum absolute atomic E-state index is 0.343. The summed E-state index contributed by atoms with van der Waals surface area (Å²) in [6.07, 6.45) is 1.92. The molecule has 4 heteroatoms. The van der Waals surface area contributed by atoms with Gasteiger partial charge in [-0.3, -0.25) is 0 Å². The first kappa shape index (κ1) is 12.8. The van der Waals surface area contributed by atoms with E-state index in [9.17, 15) is 5.11 Å². The summed E-state index contributed by atoms with van der Waals surface area (Å²) < 4.78 is 5.15. The van der Waals surface area contributed by atoms with E-state index < -0.39 is 0 Å². The highest BCUT2D eigenvalue weighted by Gasteiger charge is 2.09. The van der Waals surface area contributed by atoms with Crippen LogP contribution in [-0.2, 0) is 12.8 Å². The number of aliphatic hydroxyl groups is 1. The lowest BCUT2D eigenvalue weighted by molar-refractivity contribution is 0.180. The lowest BCUT2D eigenvalue weighted by Crippen LogP contribution is -2.01. The Morgan fingerprint density at radius 2 is 2.00 bits per heavy atom. The number of hydrogen-bond acceptors (Lipinski definition) is 4. The van der Waals surface area contributed by atoms with Crippen LogP contribution in [0.1, 0.15) is 31.7 Å². The lowest BCUT2D eigenvalue weighted by atomic mass is 10.1. The molecule has 0 saturated heterocycles. The standard InChI is InChI=1S/C14H18N2O2/c1-3-11-5-7-12(8-6-11)14-15-13(18-16-14)9-4-10(2)17/h5-8,10,17H,3-4,9H2,1-2H3. The van der Waals surface area contributed by atoms with Crippen molar-refractivity contribution >= 4 is 0 Å². The van der Waals surface area contributed by atoms with Crippen LogP contribution in [0.3, 0.4) is 0 Å². The van der Waals surface area contributed by atoms with Gasteiger partial charge in [-0.25, -0.2) is 0 Å². The summed E-state index contributed by atoms with van der Waals surface area (Å²) in [5, 5.41) is 13.2. The fourth-order valence-electron chi connectivity index (χ4n) is 1.70. The number of hydrogen-bond donors (Lipinski definition) is 1. The van der Waals surface area contributed by atoms with E-state index in [1.54, 1.807) is 6.92 Å². The fourth-order valence-corrected chi connectivity index (χ4v) is 1.70. The van der Waals surface area contributed by atoms with Gasteiger partial charge in [-0.15, -0.1) is 0 Å². The van der Waals surface area contributed by atoms with E-state index in [0.29, 0.717) is 24.6 Å². The molecule has 96 valence electrons. The largest absolute Gasteiger partial charge is 0.393 e. The van der Waals surface area contributed by atoms with E-state index >= 15 is 0 Å². The van der Waals surface area contributed by atoms with Crippen LogP contribution in [0.25, 0.3) is 11.4 Å². The summed E-state index contributed by atoms with van der Waals surface area (Å²) in [5.41, 5.74) is 2.25. The van der Waals surface area contributed by atoms with E-state index in [1.807, 2.05) is 12.1 Å². The van der Waals surface area contributed by atoms with E-state index in [4.69, 9.17) is 4.52 Å². The van der Waals surface area contributed by atoms with Gasteiger partial charge in [-0.1, -0.05) is 36.3 Å². The molecule has 0 saturated carbocycles. The molecule has 4 nitrogen and oxygen atoms in total. The summed E-state index contributed by atoms with van der Waals surface area (Å²) in [7, 11) is 0. The van der Waals surface area contributed by atoms with Gasteiger partial charge in [0.25, 0.3) is 0 Å². The SMILES string of the molecule is CCc1ccc(-c2noc(CCC(C)O)n2)cc1. The van der Waals surface area contributed by atoms with Crippen molar-refractivity contribution in [2.45, 2.75) is 39.2 Å². The fraction of sp³-hybridized carbons (Fsp3) is 0.429. The van der Waals surface area contributed by atoms with Gasteiger partial charge in [-0.05, 0) is 25.3 Å². The van der Waals surface area contributed by atoms with Gasteiger partial charge in [0.05, 0.1) is 6.10 Å². The maximum atomic E-state index is 9.21. The second-order valence-electron chi connectivity index (χ2n) is 4.45. The second kappa shape index (κ2) is 5.78. The zero-order valence-corrected chi connectivity index (χ0v) is 10.8. The Morgan fingerprint density at radius 1 is 1.28 bits per heavy atom. The molecule has 0 aliphatic rings. The lowest BCUT2D eigenvalue weighted by Gasteiger charge is -1.98. The monoisotopic (exact) mass is 246 g/mol. The zero-order chi connectivity index (χ0) is 13.0. The maximum absolute atomic E-state index is 9.21. The minimum Gasteiger partial charge on any atom is -0.393 e. The Balaban J connectivity index is 2.08. The first-order chi connectivity index (χ1) is 8.69. The molecule has 0 aliphatic carbocycles. The van der Waals surface area contributed by atoms with Crippen molar-refractivity contribution in [3.8, 4) is 11.4 Å². The Morgan fingerprint density at radius 3 is 2.61 bits per heavy atom. The molecule has 0 spiro atoms. The quantitative estimate of drug-likeness (QED) is 0.881. The molecular formula is C14H18N2O2. The highest BCUT2D eigenvalue weighted by molar-refractivity contribution is 5.54. The normalized spacial score (nSPS) is 12.6. The third-order valence-electron chi connectivity index (χ3n) is 2.86. The van der Waals surface area contributed by atoms with E-state index in [2.05, 4.69) is 29.2 Å². The molecule has 18 heavy (non-hydrogen) atoms. The third-order valence-corrected chi connectivity index (χ3v) is 2.86. The molecule has 1 unspecified atom stereocenters. The van der Waals surface area contributed by atoms with Crippen LogP contribution in [0.15, 0.2) is 28.8 Å². The average Bonchev–Trinajstić information content (AvgIpc) is 2.85. The smallest absolute Gasteiger partial charge is 0.227 e. The van der Waals surface area contributed by atoms with Gasteiger partial charge >= 0.3 is 0 Å². The van der Waals surface area contributed by atoms with Crippen molar-refractivity contribution in [1.29, 1.82) is 0 Å². The van der Waals surface area contributed by atoms with Crippen molar-refractivity contribution in [1.82, 2.24) is 10.1 Å². The first-order valence-corrected chi connectivity index (χ1v) is 6.29. The highest BCUT2D eigenvalue weighted by atomic mass is 16.5. The predicted octanol–water partition coefficient (Wildman–Crippen LogP) is 2.61. The molecule has 0 fully saturated rings. The van der Waals surface area contributed by atoms with E-state index in [-0.39, 0.29) is 6.10 Å². The topological polar surface area (TPSA) is 59.2 Å². The zero-order valence-electron chi connectivity index (χ0n) is 10.8. The van der Waals surface area contributed by atoms with Gasteiger partial charge in [0, 0.05) is 12.0 Å². The van der Waals surface area contributed by atoms with Crippen molar-refractivity contribution in [3.05, 3.63) is 35.7 Å². The Hall–Kier alpha value is -1.68. The van der Waals surface area contributed by atoms with Gasteiger partial charge in [0.15, 0.2) is 0 Å². The molecule has 0 radical (unpaired) electrons. The Labute approximate surface area is 107 Å². The summed E-state index contributed by atoms with van der Waals surface area (Å²) in [6.45, 7) is 3.87. The predicted molar refractivity (Wildman–Crippen MR) is 69.1 cm³/mol. The van der Waals surface area contributed by atoms with E-state index in [1.165, 1.54) is 5.56 Å². The highest BCUT2D eigenvalue weighted by Crippen LogP contribution is 2.17. The molecule has 2 rings (SSSR count). The van der Waals surface area contributed by atoms with Crippen LogP contribution in [-0.4, -0.2) is 21.4 Å². The van der Waals surface area contributed by atoms with Crippen molar-refractivity contribution in [3.63, 3.8) is 0 Å². The number of rotatable bonds is 5. The van der Waals surface area contributed by atoms with Crippen molar-refractivity contribution in [2.24, 2.45) is 0 Å². The molecule has 0 bridgehead atoms. The minimum atomic E-state index is -0.343. The number of aryl methyl sites for hydroxylation is 2. The first-order valence-electron chi connectivity index (χ1n) is 6.29. The van der Waals surface area contributed by atoms with Crippen LogP contribution in [0.4, 0.5) is 0 Å². The molecule has 2 aromatic rings. The number of aliphatic hydroxyl groups excluding tert-OH is 1. The van der Waals surface area contributed by atoms with Gasteiger partial charge in [0.2, 0.25) is 11.7 Å². The third kappa shape index (κ3) is 3.17. The van der Waals surface area contributed by atoms with Gasteiger partial charge < -0.3 is 9.63 Å². The summed E-state index contributed by atoms with van der Waals surface area (Å²) >= 11 is 0. The number of nitrogens with zero attached hydrogens (tertiary/aromatic N) is 2. The molecule has 0 aliphatic heterocycles. The molecule has 0 amide bonds.